The largest absolute Gasteiger partial charge is 0.151 e. The maximum Gasteiger partial charge on any atom is 0.0857 e. The zero-order valence-corrected chi connectivity index (χ0v) is 18.7. The molecule has 0 bridgehead atoms. The minimum absolute atomic E-state index is 0.797. The van der Waals surface area contributed by atoms with Crippen LogP contribution in [0.4, 0.5) is 11.4 Å². The van der Waals surface area contributed by atoms with E-state index in [4.69, 9.17) is 0 Å². The normalized spacial score (nSPS) is 10.1. The Morgan fingerprint density at radius 3 is 1.23 bits per heavy atom. The Labute approximate surface area is 196 Å². The van der Waals surface area contributed by atoms with Crippen molar-refractivity contribution in [2.75, 3.05) is 0 Å². The molecule has 31 heavy (non-hydrogen) atoms. The second-order valence-electron chi connectivity index (χ2n) is 6.67. The lowest BCUT2D eigenvalue weighted by atomic mass is 10.1. The molecule has 2 nitrogen and oxygen atoms in total. The average molecular weight is 508 g/mol. The fourth-order valence-corrected chi connectivity index (χ4v) is 3.04. The summed E-state index contributed by atoms with van der Waals surface area (Å²) in [6.45, 7) is 0. The van der Waals surface area contributed by atoms with Gasteiger partial charge in [-0.3, -0.25) is 0 Å². The van der Waals surface area contributed by atoms with Crippen molar-refractivity contribution >= 4 is 34.0 Å². The molecular weight excluding hydrogens is 491 g/mol. The fraction of sp³-hybridized carbons (Fsp3) is 0. The molecule has 0 aliphatic rings. The van der Waals surface area contributed by atoms with Gasteiger partial charge in [0.15, 0.2) is 0 Å². The number of nitrogens with zero attached hydrogens (tertiary/aromatic N) is 2. The molecule has 0 amide bonds. The van der Waals surface area contributed by atoms with Gasteiger partial charge in [0.2, 0.25) is 0 Å². The molecule has 146 valence electrons. The maximum absolute atomic E-state index is 4.28. The van der Waals surface area contributed by atoms with Crippen molar-refractivity contribution in [2.24, 2.45) is 10.2 Å². The molecule has 0 aromatic heterocycles. The topological polar surface area (TPSA) is 24.7 Å². The third kappa shape index (κ3) is 6.40. The molecule has 0 atom stereocenters. The van der Waals surface area contributed by atoms with Gasteiger partial charge in [0.25, 0.3) is 0 Å². The van der Waals surface area contributed by atoms with Gasteiger partial charge in [-0.05, 0) is 108 Å². The number of rotatable bonds is 2. The first kappa shape index (κ1) is 20.6. The van der Waals surface area contributed by atoms with Crippen LogP contribution in [-0.2, 0) is 0 Å². The molecule has 4 aromatic rings. The van der Waals surface area contributed by atoms with E-state index in [-0.39, 0.29) is 0 Å². The van der Waals surface area contributed by atoms with Crippen molar-refractivity contribution in [2.45, 2.75) is 0 Å². The van der Waals surface area contributed by atoms with Crippen LogP contribution in [0.3, 0.4) is 0 Å². The van der Waals surface area contributed by atoms with Crippen LogP contribution in [0.15, 0.2) is 113 Å². The predicted molar refractivity (Wildman–Crippen MR) is 135 cm³/mol. The van der Waals surface area contributed by atoms with E-state index >= 15 is 0 Å². The summed E-state index contributed by atoms with van der Waals surface area (Å²) in [6, 6.07) is 33.6. The summed E-state index contributed by atoms with van der Waals surface area (Å²) in [4.78, 5) is 0. The first-order chi connectivity index (χ1) is 15.2. The quantitative estimate of drug-likeness (QED) is 0.152. The summed E-state index contributed by atoms with van der Waals surface area (Å²) >= 11 is 2.27. The predicted octanol–water partition coefficient (Wildman–Crippen LogP) is 7.51. The van der Waals surface area contributed by atoms with Crippen molar-refractivity contribution in [1.29, 1.82) is 0 Å². The molecular formula is C28H17IN2. The first-order valence-corrected chi connectivity index (χ1v) is 10.8. The number of halogens is 1. The number of benzene rings is 4. The summed E-state index contributed by atoms with van der Waals surface area (Å²) in [5.74, 6) is 12.7. The number of azo groups is 1. The zero-order valence-electron chi connectivity index (χ0n) is 16.6. The van der Waals surface area contributed by atoms with E-state index in [0.717, 1.165) is 33.6 Å². The lowest BCUT2D eigenvalue weighted by molar-refractivity contribution is 1.23. The third-order valence-electron chi connectivity index (χ3n) is 4.34. The molecule has 4 rings (SSSR count). The van der Waals surface area contributed by atoms with Gasteiger partial charge in [-0.25, -0.2) is 0 Å². The molecule has 0 unspecified atom stereocenters. The Balaban J connectivity index is 1.39. The van der Waals surface area contributed by atoms with Gasteiger partial charge in [-0.15, -0.1) is 0 Å². The van der Waals surface area contributed by atoms with Crippen LogP contribution >= 0.6 is 22.6 Å². The molecule has 3 heteroatoms. The minimum atomic E-state index is 0.797. The molecule has 0 heterocycles. The van der Waals surface area contributed by atoms with E-state index in [9.17, 15) is 0 Å². The molecule has 0 aliphatic heterocycles. The van der Waals surface area contributed by atoms with E-state index < -0.39 is 0 Å². The van der Waals surface area contributed by atoms with Crippen molar-refractivity contribution in [1.82, 2.24) is 0 Å². The van der Waals surface area contributed by atoms with Gasteiger partial charge in [-0.1, -0.05) is 41.9 Å². The van der Waals surface area contributed by atoms with Gasteiger partial charge in [0.1, 0.15) is 0 Å². The van der Waals surface area contributed by atoms with E-state index in [1.807, 2.05) is 103 Å². The van der Waals surface area contributed by atoms with Gasteiger partial charge in [-0.2, -0.15) is 10.2 Å². The molecule has 4 aromatic carbocycles. The highest BCUT2D eigenvalue weighted by molar-refractivity contribution is 14.1. The summed E-state index contributed by atoms with van der Waals surface area (Å²) in [5, 5.41) is 8.53. The number of hydrogen-bond acceptors (Lipinski definition) is 2. The Kier molecular flexibility index (Phi) is 6.90. The highest BCUT2D eigenvalue weighted by Crippen LogP contribution is 2.19. The summed E-state index contributed by atoms with van der Waals surface area (Å²) in [5.41, 5.74) is 5.49. The monoisotopic (exact) mass is 508 g/mol. The zero-order chi connectivity index (χ0) is 21.3. The molecule has 0 spiro atoms. The summed E-state index contributed by atoms with van der Waals surface area (Å²) < 4.78 is 1.18. The van der Waals surface area contributed by atoms with E-state index in [2.05, 4.69) is 56.5 Å². The van der Waals surface area contributed by atoms with Crippen LogP contribution in [0.5, 0.6) is 0 Å². The molecule has 0 saturated carbocycles. The molecule has 0 saturated heterocycles. The Morgan fingerprint density at radius 1 is 0.419 bits per heavy atom. The molecule has 0 aliphatic carbocycles. The minimum Gasteiger partial charge on any atom is -0.151 e. The highest BCUT2D eigenvalue weighted by atomic mass is 127. The first-order valence-electron chi connectivity index (χ1n) is 9.71. The summed E-state index contributed by atoms with van der Waals surface area (Å²) in [7, 11) is 0. The van der Waals surface area contributed by atoms with Gasteiger partial charge in [0.05, 0.1) is 11.4 Å². The Bertz CT molecular complexity index is 1300. The van der Waals surface area contributed by atoms with Crippen LogP contribution < -0.4 is 0 Å². The average Bonchev–Trinajstić information content (AvgIpc) is 2.83. The van der Waals surface area contributed by atoms with E-state index in [1.54, 1.807) is 0 Å². The molecule has 0 N–H and O–H groups in total. The highest BCUT2D eigenvalue weighted by Gasteiger charge is 1.93. The smallest absolute Gasteiger partial charge is 0.0857 e. The standard InChI is InChI=1S/C28H17IN2/c29-26-16-20-28(21-17-26)31-30-27-18-14-25(15-19-27)13-12-24-10-8-23(9-11-24)7-6-22-4-2-1-3-5-22/h1-5,8-11,14-21H. The molecule has 0 radical (unpaired) electrons. The van der Waals surface area contributed by atoms with E-state index in [1.165, 1.54) is 3.57 Å². The SMILES string of the molecule is Ic1ccc(N=Nc2ccc(C#Cc3ccc(C#Cc4ccccc4)cc3)cc2)cc1. The second-order valence-corrected chi connectivity index (χ2v) is 7.91. The van der Waals surface area contributed by atoms with Crippen LogP contribution in [0.2, 0.25) is 0 Å². The number of hydrogen-bond donors (Lipinski definition) is 0. The van der Waals surface area contributed by atoms with E-state index in [0.29, 0.717) is 0 Å². The lowest BCUT2D eigenvalue weighted by Gasteiger charge is -1.95. The van der Waals surface area contributed by atoms with Gasteiger partial charge < -0.3 is 0 Å². The van der Waals surface area contributed by atoms with Crippen LogP contribution in [-0.4, -0.2) is 0 Å². The Morgan fingerprint density at radius 2 is 0.774 bits per heavy atom. The van der Waals surface area contributed by atoms with Crippen molar-refractivity contribution in [3.8, 4) is 23.7 Å². The third-order valence-corrected chi connectivity index (χ3v) is 5.06. The van der Waals surface area contributed by atoms with Crippen molar-refractivity contribution < 1.29 is 0 Å². The van der Waals surface area contributed by atoms with Crippen LogP contribution in [0.1, 0.15) is 22.3 Å². The maximum atomic E-state index is 4.28. The molecule has 0 fully saturated rings. The summed E-state index contributed by atoms with van der Waals surface area (Å²) in [6.07, 6.45) is 0. The van der Waals surface area contributed by atoms with Gasteiger partial charge in [0, 0.05) is 25.8 Å². The lowest BCUT2D eigenvalue weighted by Crippen LogP contribution is -1.79. The van der Waals surface area contributed by atoms with Crippen LogP contribution in [0.25, 0.3) is 0 Å². The van der Waals surface area contributed by atoms with Crippen LogP contribution in [0, 0.1) is 27.3 Å². The fourth-order valence-electron chi connectivity index (χ4n) is 2.68. The Hall–Kier alpha value is -3.67. The second kappa shape index (κ2) is 10.4. The van der Waals surface area contributed by atoms with Crippen molar-refractivity contribution in [3.05, 3.63) is 129 Å². The van der Waals surface area contributed by atoms with Gasteiger partial charge >= 0.3 is 0 Å². The van der Waals surface area contributed by atoms with Crippen molar-refractivity contribution in [3.63, 3.8) is 0 Å².